The second-order valence-corrected chi connectivity index (χ2v) is 8.99. The number of hydrogen-bond donors (Lipinski definition) is 1. The molecule has 172 valence electrons. The number of allylic oxidation sites excluding steroid dienone is 3. The van der Waals surface area contributed by atoms with Crippen LogP contribution in [0.2, 0.25) is 0 Å². The zero-order valence-electron chi connectivity index (χ0n) is 19.9. The van der Waals surface area contributed by atoms with Crippen LogP contribution >= 0.6 is 0 Å². The van der Waals surface area contributed by atoms with E-state index >= 15 is 0 Å². The van der Waals surface area contributed by atoms with Crippen molar-refractivity contribution in [3.05, 3.63) is 113 Å². The molecule has 1 fully saturated rings. The molecule has 0 spiro atoms. The Morgan fingerprint density at radius 2 is 1.55 bits per heavy atom. The van der Waals surface area contributed by atoms with E-state index in [2.05, 4.69) is 80.1 Å². The molecular weight excluding hydrogens is 408 g/mol. The van der Waals surface area contributed by atoms with Gasteiger partial charge in [0.1, 0.15) is 5.75 Å². The van der Waals surface area contributed by atoms with E-state index in [0.29, 0.717) is 0 Å². The molecule has 1 saturated heterocycles. The predicted octanol–water partition coefficient (Wildman–Crippen LogP) is 6.05. The molecule has 4 rings (SSSR count). The SMILES string of the molecule is C=C(C1=CC=C(C)N([C@@H](c2ccc(O)cc2)C(C)c2ccc(C)cc2)C1=C)N1CCOCC1. The van der Waals surface area contributed by atoms with Crippen LogP contribution in [-0.4, -0.2) is 41.2 Å². The molecule has 2 aromatic carbocycles. The summed E-state index contributed by atoms with van der Waals surface area (Å²) in [6, 6.07) is 16.3. The van der Waals surface area contributed by atoms with Crippen LogP contribution in [0.5, 0.6) is 5.75 Å². The summed E-state index contributed by atoms with van der Waals surface area (Å²) in [4.78, 5) is 4.62. The topological polar surface area (TPSA) is 35.9 Å². The summed E-state index contributed by atoms with van der Waals surface area (Å²) in [6.45, 7) is 18.6. The second-order valence-electron chi connectivity index (χ2n) is 8.99. The predicted molar refractivity (Wildman–Crippen MR) is 135 cm³/mol. The van der Waals surface area contributed by atoms with Gasteiger partial charge in [0.2, 0.25) is 0 Å². The Morgan fingerprint density at radius 1 is 0.939 bits per heavy atom. The second kappa shape index (κ2) is 9.72. The number of aromatic hydroxyl groups is 1. The zero-order chi connectivity index (χ0) is 23.5. The molecular formula is C29H34N2O2. The number of nitrogens with zero attached hydrogens (tertiary/aromatic N) is 2. The quantitative estimate of drug-likeness (QED) is 0.591. The number of benzene rings is 2. The van der Waals surface area contributed by atoms with Gasteiger partial charge in [0.05, 0.1) is 19.3 Å². The lowest BCUT2D eigenvalue weighted by Crippen LogP contribution is -2.38. The van der Waals surface area contributed by atoms with E-state index < -0.39 is 0 Å². The lowest BCUT2D eigenvalue weighted by Gasteiger charge is -2.43. The van der Waals surface area contributed by atoms with Crippen LogP contribution < -0.4 is 0 Å². The largest absolute Gasteiger partial charge is 0.508 e. The van der Waals surface area contributed by atoms with Gasteiger partial charge in [-0.2, -0.15) is 0 Å². The Balaban J connectivity index is 1.72. The Hall–Kier alpha value is -3.24. The van der Waals surface area contributed by atoms with E-state index in [0.717, 1.165) is 54.5 Å². The minimum atomic E-state index is 0.0123. The first-order valence-electron chi connectivity index (χ1n) is 11.6. The Morgan fingerprint density at radius 3 is 2.18 bits per heavy atom. The Kier molecular flexibility index (Phi) is 6.75. The van der Waals surface area contributed by atoms with Crippen molar-refractivity contribution in [2.75, 3.05) is 26.3 Å². The van der Waals surface area contributed by atoms with Crippen molar-refractivity contribution in [3.8, 4) is 5.75 Å². The zero-order valence-corrected chi connectivity index (χ0v) is 19.9. The van der Waals surface area contributed by atoms with Crippen molar-refractivity contribution >= 4 is 0 Å². The van der Waals surface area contributed by atoms with E-state index in [4.69, 9.17) is 4.74 Å². The van der Waals surface area contributed by atoms with E-state index in [1.807, 2.05) is 12.1 Å². The van der Waals surface area contributed by atoms with Crippen molar-refractivity contribution in [2.24, 2.45) is 0 Å². The van der Waals surface area contributed by atoms with Crippen molar-refractivity contribution in [1.82, 2.24) is 9.80 Å². The van der Waals surface area contributed by atoms with Gasteiger partial charge in [-0.05, 0) is 49.3 Å². The summed E-state index contributed by atoms with van der Waals surface area (Å²) >= 11 is 0. The molecule has 0 saturated carbocycles. The Labute approximate surface area is 197 Å². The molecule has 2 atom stereocenters. The third kappa shape index (κ3) is 4.76. The molecule has 33 heavy (non-hydrogen) atoms. The number of ether oxygens (including phenoxy) is 1. The van der Waals surface area contributed by atoms with Crippen LogP contribution in [0.25, 0.3) is 0 Å². The summed E-state index contributed by atoms with van der Waals surface area (Å²) < 4.78 is 5.53. The van der Waals surface area contributed by atoms with Gasteiger partial charge in [-0.3, -0.25) is 0 Å². The van der Waals surface area contributed by atoms with Gasteiger partial charge in [0.25, 0.3) is 0 Å². The van der Waals surface area contributed by atoms with Gasteiger partial charge < -0.3 is 19.6 Å². The molecule has 0 aromatic heterocycles. The number of rotatable bonds is 6. The minimum Gasteiger partial charge on any atom is -0.508 e. The van der Waals surface area contributed by atoms with Gasteiger partial charge in [-0.15, -0.1) is 0 Å². The number of morpholine rings is 1. The van der Waals surface area contributed by atoms with Gasteiger partial charge in [0.15, 0.2) is 0 Å². The first kappa shape index (κ1) is 22.9. The fourth-order valence-corrected chi connectivity index (χ4v) is 4.76. The van der Waals surface area contributed by atoms with Crippen molar-refractivity contribution in [3.63, 3.8) is 0 Å². The molecule has 0 aliphatic carbocycles. The molecule has 4 heteroatoms. The highest BCUT2D eigenvalue weighted by Crippen LogP contribution is 2.44. The van der Waals surface area contributed by atoms with Crippen LogP contribution in [-0.2, 0) is 4.74 Å². The summed E-state index contributed by atoms with van der Waals surface area (Å²) in [5.41, 5.74) is 7.78. The maximum absolute atomic E-state index is 9.92. The smallest absolute Gasteiger partial charge is 0.115 e. The van der Waals surface area contributed by atoms with E-state index in [-0.39, 0.29) is 17.7 Å². The minimum absolute atomic E-state index is 0.0123. The molecule has 0 radical (unpaired) electrons. The van der Waals surface area contributed by atoms with E-state index in [1.54, 1.807) is 12.1 Å². The number of aryl methyl sites for hydroxylation is 1. The molecule has 1 unspecified atom stereocenters. The molecule has 0 bridgehead atoms. The van der Waals surface area contributed by atoms with Gasteiger partial charge in [-0.25, -0.2) is 0 Å². The summed E-state index contributed by atoms with van der Waals surface area (Å²) in [5, 5.41) is 9.92. The Bertz CT molecular complexity index is 1070. The summed E-state index contributed by atoms with van der Waals surface area (Å²) in [5.74, 6) is 0.456. The molecule has 2 aliphatic heterocycles. The maximum Gasteiger partial charge on any atom is 0.115 e. The van der Waals surface area contributed by atoms with Crippen LogP contribution in [0.3, 0.4) is 0 Å². The van der Waals surface area contributed by atoms with Crippen molar-refractivity contribution in [1.29, 1.82) is 0 Å². The molecule has 2 aromatic rings. The highest BCUT2D eigenvalue weighted by molar-refractivity contribution is 5.51. The number of phenols is 1. The van der Waals surface area contributed by atoms with Crippen LogP contribution in [0.15, 0.2) is 96.5 Å². The summed E-state index contributed by atoms with van der Waals surface area (Å²) in [6.07, 6.45) is 4.29. The molecule has 0 amide bonds. The highest BCUT2D eigenvalue weighted by atomic mass is 16.5. The van der Waals surface area contributed by atoms with Crippen LogP contribution in [0.1, 0.15) is 42.5 Å². The molecule has 2 aliphatic rings. The number of phenolic OH excluding ortho intramolecular Hbond substituents is 1. The average molecular weight is 443 g/mol. The molecule has 1 N–H and O–H groups in total. The summed E-state index contributed by atoms with van der Waals surface area (Å²) in [7, 11) is 0. The first-order valence-corrected chi connectivity index (χ1v) is 11.6. The molecule has 2 heterocycles. The van der Waals surface area contributed by atoms with Crippen molar-refractivity contribution in [2.45, 2.75) is 32.7 Å². The maximum atomic E-state index is 9.92. The fourth-order valence-electron chi connectivity index (χ4n) is 4.76. The lowest BCUT2D eigenvalue weighted by atomic mass is 9.85. The van der Waals surface area contributed by atoms with Crippen LogP contribution in [0.4, 0.5) is 0 Å². The van der Waals surface area contributed by atoms with E-state index in [1.165, 1.54) is 11.1 Å². The lowest BCUT2D eigenvalue weighted by molar-refractivity contribution is 0.0548. The third-order valence-electron chi connectivity index (χ3n) is 6.77. The van der Waals surface area contributed by atoms with Gasteiger partial charge in [0, 0.05) is 41.7 Å². The number of hydrogen-bond acceptors (Lipinski definition) is 4. The third-order valence-corrected chi connectivity index (χ3v) is 6.77. The normalized spacial score (nSPS) is 18.5. The highest BCUT2D eigenvalue weighted by Gasteiger charge is 2.33. The first-order chi connectivity index (χ1) is 15.9. The monoisotopic (exact) mass is 442 g/mol. The van der Waals surface area contributed by atoms with E-state index in [9.17, 15) is 5.11 Å². The average Bonchev–Trinajstić information content (AvgIpc) is 2.83. The van der Waals surface area contributed by atoms with Gasteiger partial charge >= 0.3 is 0 Å². The van der Waals surface area contributed by atoms with Crippen molar-refractivity contribution < 1.29 is 9.84 Å². The van der Waals surface area contributed by atoms with Crippen LogP contribution in [0, 0.1) is 6.92 Å². The molecule has 4 nitrogen and oxygen atoms in total. The van der Waals surface area contributed by atoms with Gasteiger partial charge in [-0.1, -0.05) is 62.0 Å². The fraction of sp³-hybridized carbons (Fsp3) is 0.310. The standard InChI is InChI=1S/C29H34N2O2/c1-20-6-9-25(10-7-20)22(3)29(26-11-13-27(32)14-12-26)31-21(2)8-15-28(24(31)5)23(4)30-16-18-33-19-17-30/h6-15,22,29,32H,4-5,16-19H2,1-3H3/t22?,29-/m1/s1.